The SMILES string of the molecule is Nc1ccc(Sc2ccncc2)c(Cl)c1. The summed E-state index contributed by atoms with van der Waals surface area (Å²) in [4.78, 5) is 6.06. The van der Waals surface area contributed by atoms with Crippen molar-refractivity contribution in [2.24, 2.45) is 0 Å². The lowest BCUT2D eigenvalue weighted by atomic mass is 10.3. The second kappa shape index (κ2) is 4.55. The molecule has 1 aromatic heterocycles. The maximum atomic E-state index is 6.06. The summed E-state index contributed by atoms with van der Waals surface area (Å²) in [5.41, 5.74) is 6.30. The highest BCUT2D eigenvalue weighted by Crippen LogP contribution is 2.33. The van der Waals surface area contributed by atoms with E-state index in [-0.39, 0.29) is 0 Å². The largest absolute Gasteiger partial charge is 0.399 e. The van der Waals surface area contributed by atoms with Crippen molar-refractivity contribution < 1.29 is 0 Å². The molecular weight excluding hydrogens is 228 g/mol. The van der Waals surface area contributed by atoms with Crippen LogP contribution in [0.25, 0.3) is 0 Å². The molecule has 0 amide bonds. The highest BCUT2D eigenvalue weighted by atomic mass is 35.5. The van der Waals surface area contributed by atoms with Gasteiger partial charge in [0.1, 0.15) is 0 Å². The van der Waals surface area contributed by atoms with Crippen LogP contribution >= 0.6 is 23.4 Å². The van der Waals surface area contributed by atoms with Crippen molar-refractivity contribution in [3.05, 3.63) is 47.7 Å². The van der Waals surface area contributed by atoms with Crippen molar-refractivity contribution in [3.8, 4) is 0 Å². The van der Waals surface area contributed by atoms with E-state index in [1.165, 1.54) is 0 Å². The summed E-state index contributed by atoms with van der Waals surface area (Å²) in [7, 11) is 0. The van der Waals surface area contributed by atoms with E-state index < -0.39 is 0 Å². The lowest BCUT2D eigenvalue weighted by molar-refractivity contribution is 1.26. The smallest absolute Gasteiger partial charge is 0.0565 e. The third-order valence-corrected chi connectivity index (χ3v) is 3.34. The molecule has 0 unspecified atom stereocenters. The Kier molecular flexibility index (Phi) is 3.14. The zero-order valence-corrected chi connectivity index (χ0v) is 9.42. The third-order valence-electron chi connectivity index (χ3n) is 1.83. The lowest BCUT2D eigenvalue weighted by Crippen LogP contribution is -1.84. The van der Waals surface area contributed by atoms with Crippen LogP contribution in [0, 0.1) is 0 Å². The van der Waals surface area contributed by atoms with Gasteiger partial charge in [0.05, 0.1) is 5.02 Å². The van der Waals surface area contributed by atoms with E-state index in [1.54, 1.807) is 30.2 Å². The van der Waals surface area contributed by atoms with Crippen molar-refractivity contribution in [1.82, 2.24) is 4.98 Å². The number of aromatic nitrogens is 1. The molecule has 1 heterocycles. The highest BCUT2D eigenvalue weighted by molar-refractivity contribution is 7.99. The van der Waals surface area contributed by atoms with Gasteiger partial charge in [-0.3, -0.25) is 4.98 Å². The number of hydrogen-bond acceptors (Lipinski definition) is 3. The van der Waals surface area contributed by atoms with E-state index >= 15 is 0 Å². The number of halogens is 1. The Hall–Kier alpha value is -1.19. The Morgan fingerprint density at radius 1 is 1.13 bits per heavy atom. The monoisotopic (exact) mass is 236 g/mol. The van der Waals surface area contributed by atoms with Crippen LogP contribution in [0.2, 0.25) is 5.02 Å². The molecule has 0 aliphatic rings. The molecule has 1 aromatic carbocycles. The summed E-state index contributed by atoms with van der Waals surface area (Å²) < 4.78 is 0. The zero-order valence-electron chi connectivity index (χ0n) is 7.85. The van der Waals surface area contributed by atoms with Gasteiger partial charge >= 0.3 is 0 Å². The minimum atomic E-state index is 0.678. The fourth-order valence-corrected chi connectivity index (χ4v) is 2.24. The van der Waals surface area contributed by atoms with Crippen molar-refractivity contribution in [2.75, 3.05) is 5.73 Å². The van der Waals surface area contributed by atoms with Gasteiger partial charge in [-0.2, -0.15) is 0 Å². The maximum Gasteiger partial charge on any atom is 0.0565 e. The normalized spacial score (nSPS) is 10.2. The first kappa shape index (κ1) is 10.3. The summed E-state index contributed by atoms with van der Waals surface area (Å²) in [6.45, 7) is 0. The molecule has 0 bridgehead atoms. The van der Waals surface area contributed by atoms with Gasteiger partial charge in [-0.05, 0) is 30.3 Å². The molecule has 0 fully saturated rings. The number of benzene rings is 1. The molecule has 0 aliphatic heterocycles. The summed E-state index contributed by atoms with van der Waals surface area (Å²) >= 11 is 7.66. The quantitative estimate of drug-likeness (QED) is 0.812. The molecule has 2 N–H and O–H groups in total. The van der Waals surface area contributed by atoms with E-state index in [0.29, 0.717) is 10.7 Å². The Labute approximate surface area is 97.5 Å². The number of rotatable bonds is 2. The number of pyridine rings is 1. The van der Waals surface area contributed by atoms with Crippen LogP contribution in [-0.4, -0.2) is 4.98 Å². The third kappa shape index (κ3) is 2.64. The minimum absolute atomic E-state index is 0.678. The summed E-state index contributed by atoms with van der Waals surface area (Å²) in [5.74, 6) is 0. The van der Waals surface area contributed by atoms with Crippen molar-refractivity contribution in [3.63, 3.8) is 0 Å². The fraction of sp³-hybridized carbons (Fsp3) is 0. The molecule has 0 saturated carbocycles. The van der Waals surface area contributed by atoms with Crippen LogP contribution in [0.3, 0.4) is 0 Å². The Bertz CT molecular complexity index is 459. The topological polar surface area (TPSA) is 38.9 Å². The Morgan fingerprint density at radius 3 is 2.53 bits per heavy atom. The van der Waals surface area contributed by atoms with Crippen LogP contribution in [0.5, 0.6) is 0 Å². The van der Waals surface area contributed by atoms with E-state index in [4.69, 9.17) is 17.3 Å². The lowest BCUT2D eigenvalue weighted by Gasteiger charge is -2.04. The van der Waals surface area contributed by atoms with E-state index in [0.717, 1.165) is 9.79 Å². The van der Waals surface area contributed by atoms with Gasteiger partial charge < -0.3 is 5.73 Å². The van der Waals surface area contributed by atoms with Crippen LogP contribution in [0.15, 0.2) is 52.5 Å². The average Bonchev–Trinajstić information content (AvgIpc) is 2.24. The van der Waals surface area contributed by atoms with Gasteiger partial charge in [-0.1, -0.05) is 23.4 Å². The Morgan fingerprint density at radius 2 is 1.87 bits per heavy atom. The molecule has 0 saturated heterocycles. The molecule has 0 spiro atoms. The standard InChI is InChI=1S/C11H9ClN2S/c12-10-7-8(13)1-2-11(10)15-9-3-5-14-6-4-9/h1-7H,13H2. The van der Waals surface area contributed by atoms with Gasteiger partial charge in [0.25, 0.3) is 0 Å². The van der Waals surface area contributed by atoms with Crippen molar-refractivity contribution in [2.45, 2.75) is 9.79 Å². The second-order valence-corrected chi connectivity index (χ2v) is 4.50. The van der Waals surface area contributed by atoms with Crippen molar-refractivity contribution >= 4 is 29.1 Å². The van der Waals surface area contributed by atoms with Crippen LogP contribution < -0.4 is 5.73 Å². The van der Waals surface area contributed by atoms with Crippen molar-refractivity contribution in [1.29, 1.82) is 0 Å². The molecule has 0 aliphatic carbocycles. The summed E-state index contributed by atoms with van der Waals surface area (Å²) in [5, 5.41) is 0.678. The predicted molar refractivity (Wildman–Crippen MR) is 64.2 cm³/mol. The van der Waals surface area contributed by atoms with Gasteiger partial charge in [0, 0.05) is 27.9 Å². The van der Waals surface area contributed by atoms with Gasteiger partial charge in [0.15, 0.2) is 0 Å². The second-order valence-electron chi connectivity index (χ2n) is 2.97. The molecule has 2 nitrogen and oxygen atoms in total. The molecule has 2 rings (SSSR count). The molecular formula is C11H9ClN2S. The zero-order chi connectivity index (χ0) is 10.7. The first-order valence-corrected chi connectivity index (χ1v) is 5.58. The molecule has 0 radical (unpaired) electrons. The summed E-state index contributed by atoms with van der Waals surface area (Å²) in [6.07, 6.45) is 3.51. The fourth-order valence-electron chi connectivity index (χ4n) is 1.13. The number of nitrogens with zero attached hydrogens (tertiary/aromatic N) is 1. The predicted octanol–water partition coefficient (Wildman–Crippen LogP) is 3.47. The Balaban J connectivity index is 2.25. The molecule has 15 heavy (non-hydrogen) atoms. The highest BCUT2D eigenvalue weighted by Gasteiger charge is 2.02. The van der Waals surface area contributed by atoms with E-state index in [9.17, 15) is 0 Å². The van der Waals surface area contributed by atoms with Crippen LogP contribution in [0.4, 0.5) is 5.69 Å². The molecule has 76 valence electrons. The van der Waals surface area contributed by atoms with E-state index in [1.807, 2.05) is 24.3 Å². The number of nitrogen functional groups attached to an aromatic ring is 1. The van der Waals surface area contributed by atoms with Gasteiger partial charge in [0.2, 0.25) is 0 Å². The van der Waals surface area contributed by atoms with Crippen LogP contribution in [-0.2, 0) is 0 Å². The number of anilines is 1. The average molecular weight is 237 g/mol. The number of nitrogens with two attached hydrogens (primary N) is 1. The van der Waals surface area contributed by atoms with Gasteiger partial charge in [-0.25, -0.2) is 0 Å². The number of hydrogen-bond donors (Lipinski definition) is 1. The summed E-state index contributed by atoms with van der Waals surface area (Å²) in [6, 6.07) is 9.40. The molecule has 0 atom stereocenters. The molecule has 4 heteroatoms. The first-order chi connectivity index (χ1) is 7.25. The minimum Gasteiger partial charge on any atom is -0.399 e. The first-order valence-electron chi connectivity index (χ1n) is 4.38. The molecule has 2 aromatic rings. The van der Waals surface area contributed by atoms with Gasteiger partial charge in [-0.15, -0.1) is 0 Å². The van der Waals surface area contributed by atoms with Crippen LogP contribution in [0.1, 0.15) is 0 Å². The van der Waals surface area contributed by atoms with E-state index in [2.05, 4.69) is 4.98 Å². The maximum absolute atomic E-state index is 6.06.